The monoisotopic (exact) mass is 329 g/mol. The lowest BCUT2D eigenvalue weighted by atomic mass is 10.0. The number of amides is 1. The fourth-order valence-electron chi connectivity index (χ4n) is 3.31. The summed E-state index contributed by atoms with van der Waals surface area (Å²) < 4.78 is 37.7. The number of alkyl halides is 3. The van der Waals surface area contributed by atoms with Crippen molar-refractivity contribution in [2.75, 3.05) is 13.1 Å². The Bertz CT molecular complexity index is 530. The summed E-state index contributed by atoms with van der Waals surface area (Å²) >= 11 is 0. The Kier molecular flexibility index (Phi) is 4.70. The van der Waals surface area contributed by atoms with Crippen LogP contribution in [0.2, 0.25) is 19.1 Å². The van der Waals surface area contributed by atoms with Gasteiger partial charge in [-0.25, -0.2) is 0 Å². The van der Waals surface area contributed by atoms with Crippen molar-refractivity contribution in [3.8, 4) is 0 Å². The molecule has 1 aliphatic heterocycles. The summed E-state index contributed by atoms with van der Waals surface area (Å²) in [5.74, 6) is -1.43. The summed E-state index contributed by atoms with van der Waals surface area (Å²) in [6.45, 7) is 6.86. The molecule has 0 radical (unpaired) electrons. The molecule has 1 fully saturated rings. The molecule has 22 heavy (non-hydrogen) atoms. The molecule has 0 N–H and O–H groups in total. The van der Waals surface area contributed by atoms with E-state index >= 15 is 0 Å². The average Bonchev–Trinajstić information content (AvgIpc) is 2.78. The second-order valence-corrected chi connectivity index (χ2v) is 11.7. The molecule has 0 saturated carbocycles. The topological polar surface area (TPSA) is 20.3 Å². The van der Waals surface area contributed by atoms with Crippen LogP contribution < -0.4 is 5.19 Å². The van der Waals surface area contributed by atoms with E-state index < -0.39 is 20.2 Å². The van der Waals surface area contributed by atoms with Gasteiger partial charge in [0.05, 0.1) is 8.07 Å². The van der Waals surface area contributed by atoms with Crippen LogP contribution >= 0.6 is 0 Å². The lowest BCUT2D eigenvalue weighted by molar-refractivity contribution is -0.184. The molecule has 122 valence electrons. The van der Waals surface area contributed by atoms with E-state index in [1.165, 1.54) is 5.19 Å². The summed E-state index contributed by atoms with van der Waals surface area (Å²) in [7, 11) is -1.72. The predicted octanol–water partition coefficient (Wildman–Crippen LogP) is 3.26. The second kappa shape index (κ2) is 6.06. The van der Waals surface area contributed by atoms with Crippen molar-refractivity contribution in [3.05, 3.63) is 30.3 Å². The smallest absolute Gasteiger partial charge is 0.334 e. The van der Waals surface area contributed by atoms with Crippen LogP contribution in [-0.4, -0.2) is 38.1 Å². The largest absolute Gasteiger partial charge is 0.471 e. The van der Waals surface area contributed by atoms with Crippen molar-refractivity contribution >= 4 is 19.2 Å². The molecule has 0 bridgehead atoms. The molecule has 1 aromatic rings. The van der Waals surface area contributed by atoms with E-state index in [9.17, 15) is 18.0 Å². The van der Waals surface area contributed by atoms with Crippen LogP contribution in [0.1, 0.15) is 6.92 Å². The van der Waals surface area contributed by atoms with Crippen LogP contribution in [0.5, 0.6) is 0 Å². The first kappa shape index (κ1) is 17.1. The number of carbonyl (C=O) groups excluding carboxylic acids is 1. The minimum absolute atomic E-state index is 0.113. The lowest BCUT2D eigenvalue weighted by Crippen LogP contribution is -2.44. The van der Waals surface area contributed by atoms with Crippen molar-refractivity contribution in [3.63, 3.8) is 0 Å². The standard InChI is InChI=1S/C16H22F3NOSi/c1-12-9-20(15(21)16(17,18)19)10-13(12)11-22(2,3)14-7-5-4-6-8-14/h4-8,12-13H,9-11H2,1-3H3. The Hall–Kier alpha value is -1.30. The highest BCUT2D eigenvalue weighted by Gasteiger charge is 2.46. The maximum absolute atomic E-state index is 12.6. The lowest BCUT2D eigenvalue weighted by Gasteiger charge is -2.28. The summed E-state index contributed by atoms with van der Waals surface area (Å²) in [6.07, 6.45) is -4.76. The van der Waals surface area contributed by atoms with Gasteiger partial charge >= 0.3 is 12.1 Å². The zero-order valence-electron chi connectivity index (χ0n) is 13.2. The first-order chi connectivity index (χ1) is 10.1. The Morgan fingerprint density at radius 3 is 2.36 bits per heavy atom. The molecule has 6 heteroatoms. The highest BCUT2D eigenvalue weighted by molar-refractivity contribution is 6.89. The van der Waals surface area contributed by atoms with E-state index in [0.717, 1.165) is 10.9 Å². The maximum Gasteiger partial charge on any atom is 0.471 e. The number of likely N-dealkylation sites (tertiary alicyclic amines) is 1. The molecule has 1 aliphatic rings. The van der Waals surface area contributed by atoms with Gasteiger partial charge in [-0.1, -0.05) is 55.5 Å². The molecular formula is C16H22F3NOSi. The van der Waals surface area contributed by atoms with E-state index in [4.69, 9.17) is 0 Å². The molecule has 1 saturated heterocycles. The van der Waals surface area contributed by atoms with Gasteiger partial charge in [0, 0.05) is 13.1 Å². The number of nitrogens with zero attached hydrogens (tertiary/aromatic N) is 1. The molecule has 1 amide bonds. The number of hydrogen-bond donors (Lipinski definition) is 0. The molecule has 1 aromatic carbocycles. The van der Waals surface area contributed by atoms with Crippen molar-refractivity contribution < 1.29 is 18.0 Å². The Morgan fingerprint density at radius 2 is 1.82 bits per heavy atom. The van der Waals surface area contributed by atoms with Crippen LogP contribution in [-0.2, 0) is 4.79 Å². The normalized spacial score (nSPS) is 22.9. The number of halogens is 3. The van der Waals surface area contributed by atoms with E-state index in [0.29, 0.717) is 0 Å². The third-order valence-electron chi connectivity index (χ3n) is 4.63. The van der Waals surface area contributed by atoms with Crippen LogP contribution in [0.15, 0.2) is 30.3 Å². The minimum Gasteiger partial charge on any atom is -0.334 e. The van der Waals surface area contributed by atoms with E-state index in [1.807, 2.05) is 25.1 Å². The van der Waals surface area contributed by atoms with Gasteiger partial charge in [0.25, 0.3) is 0 Å². The van der Waals surface area contributed by atoms with Gasteiger partial charge in [0.1, 0.15) is 0 Å². The number of benzene rings is 1. The highest BCUT2D eigenvalue weighted by atomic mass is 28.3. The van der Waals surface area contributed by atoms with Gasteiger partial charge in [-0.05, 0) is 17.9 Å². The molecule has 2 unspecified atom stereocenters. The SMILES string of the molecule is CC1CN(C(=O)C(F)(F)F)CC1C[Si](C)(C)c1ccccc1. The molecule has 0 spiro atoms. The summed E-state index contributed by atoms with van der Waals surface area (Å²) in [5.41, 5.74) is 0. The third-order valence-corrected chi connectivity index (χ3v) is 8.07. The first-order valence-electron chi connectivity index (χ1n) is 7.53. The van der Waals surface area contributed by atoms with Gasteiger partial charge < -0.3 is 4.90 Å². The van der Waals surface area contributed by atoms with E-state index in [2.05, 4.69) is 25.2 Å². The highest BCUT2D eigenvalue weighted by Crippen LogP contribution is 2.33. The zero-order valence-corrected chi connectivity index (χ0v) is 14.2. The van der Waals surface area contributed by atoms with Gasteiger partial charge in [-0.3, -0.25) is 4.79 Å². The average molecular weight is 329 g/mol. The Labute approximate surface area is 130 Å². The van der Waals surface area contributed by atoms with Crippen LogP contribution in [0, 0.1) is 11.8 Å². The molecule has 2 atom stereocenters. The molecule has 0 aromatic heterocycles. The second-order valence-electron chi connectivity index (χ2n) is 6.90. The minimum atomic E-state index is -4.76. The fourth-order valence-corrected chi connectivity index (χ4v) is 6.48. The van der Waals surface area contributed by atoms with Crippen LogP contribution in [0.25, 0.3) is 0 Å². The van der Waals surface area contributed by atoms with Crippen molar-refractivity contribution in [2.45, 2.75) is 32.2 Å². The van der Waals surface area contributed by atoms with Gasteiger partial charge in [0.2, 0.25) is 0 Å². The fraction of sp³-hybridized carbons (Fsp3) is 0.562. The summed E-state index contributed by atoms with van der Waals surface area (Å²) in [6, 6.07) is 11.1. The van der Waals surface area contributed by atoms with E-state index in [-0.39, 0.29) is 24.9 Å². The number of rotatable bonds is 3. The Balaban J connectivity index is 2.07. The molecule has 1 heterocycles. The summed E-state index contributed by atoms with van der Waals surface area (Å²) in [4.78, 5) is 12.4. The van der Waals surface area contributed by atoms with Crippen molar-refractivity contribution in [1.82, 2.24) is 4.90 Å². The quantitative estimate of drug-likeness (QED) is 0.780. The third kappa shape index (κ3) is 3.72. The van der Waals surface area contributed by atoms with Crippen molar-refractivity contribution in [1.29, 1.82) is 0 Å². The molecule has 2 nitrogen and oxygen atoms in total. The Morgan fingerprint density at radius 1 is 1.23 bits per heavy atom. The van der Waals surface area contributed by atoms with Crippen LogP contribution in [0.3, 0.4) is 0 Å². The number of carbonyl (C=O) groups is 1. The first-order valence-corrected chi connectivity index (χ1v) is 10.7. The zero-order chi connectivity index (χ0) is 16.5. The summed E-state index contributed by atoms with van der Waals surface area (Å²) in [5, 5.41) is 1.31. The molecule has 0 aliphatic carbocycles. The van der Waals surface area contributed by atoms with Crippen LogP contribution in [0.4, 0.5) is 13.2 Å². The molecule has 2 rings (SSSR count). The van der Waals surface area contributed by atoms with Gasteiger partial charge in [-0.15, -0.1) is 0 Å². The predicted molar refractivity (Wildman–Crippen MR) is 83.7 cm³/mol. The van der Waals surface area contributed by atoms with E-state index in [1.54, 1.807) is 0 Å². The van der Waals surface area contributed by atoms with Gasteiger partial charge in [-0.2, -0.15) is 13.2 Å². The molecular weight excluding hydrogens is 307 g/mol. The van der Waals surface area contributed by atoms with Gasteiger partial charge in [0.15, 0.2) is 0 Å². The maximum atomic E-state index is 12.6. The number of hydrogen-bond acceptors (Lipinski definition) is 1. The van der Waals surface area contributed by atoms with Crippen molar-refractivity contribution in [2.24, 2.45) is 11.8 Å².